The maximum atomic E-state index is 14.1. The molecule has 3 aromatic carbocycles. The van der Waals surface area contributed by atoms with Crippen LogP contribution in [0.1, 0.15) is 25.1 Å². The van der Waals surface area contributed by atoms with E-state index in [1.807, 2.05) is 68.4 Å². The maximum absolute atomic E-state index is 14.1. The van der Waals surface area contributed by atoms with E-state index in [1.54, 1.807) is 30.7 Å². The van der Waals surface area contributed by atoms with Crippen molar-refractivity contribution in [1.82, 2.24) is 14.7 Å². The van der Waals surface area contributed by atoms with Gasteiger partial charge in [0.2, 0.25) is 5.91 Å². The number of para-hydroxylation sites is 2. The highest BCUT2D eigenvalue weighted by molar-refractivity contribution is 5.99. The number of benzene rings is 3. The van der Waals surface area contributed by atoms with E-state index in [0.29, 0.717) is 5.82 Å². The molecule has 0 unspecified atom stereocenters. The first-order chi connectivity index (χ1) is 17.8. The predicted octanol–water partition coefficient (Wildman–Crippen LogP) is 6.18. The van der Waals surface area contributed by atoms with Gasteiger partial charge in [0.15, 0.2) is 0 Å². The normalized spacial score (nSPS) is 10.9. The number of urea groups is 1. The highest BCUT2D eigenvalue weighted by atomic mass is 19.1. The Morgan fingerprint density at radius 1 is 0.919 bits per heavy atom. The van der Waals surface area contributed by atoms with E-state index in [1.165, 1.54) is 17.0 Å². The van der Waals surface area contributed by atoms with Gasteiger partial charge in [-0.2, -0.15) is 5.10 Å². The van der Waals surface area contributed by atoms with Crippen LogP contribution < -0.4 is 10.6 Å². The molecule has 4 aromatic rings. The van der Waals surface area contributed by atoms with E-state index in [0.717, 1.165) is 28.1 Å². The van der Waals surface area contributed by atoms with Gasteiger partial charge in [-0.05, 0) is 57.0 Å². The fourth-order valence-corrected chi connectivity index (χ4v) is 4.13. The van der Waals surface area contributed by atoms with Gasteiger partial charge in [0.05, 0.1) is 17.1 Å². The van der Waals surface area contributed by atoms with E-state index < -0.39 is 17.8 Å². The largest absolute Gasteiger partial charge is 0.322 e. The third-order valence-electron chi connectivity index (χ3n) is 6.04. The Balaban J connectivity index is 1.66. The van der Waals surface area contributed by atoms with Gasteiger partial charge in [0.25, 0.3) is 0 Å². The summed E-state index contributed by atoms with van der Waals surface area (Å²) in [6, 6.07) is 22.5. The number of nitrogens with one attached hydrogen (secondary N) is 2. The number of rotatable bonds is 7. The van der Waals surface area contributed by atoms with Crippen molar-refractivity contribution >= 4 is 23.4 Å². The van der Waals surface area contributed by atoms with Crippen molar-refractivity contribution in [2.45, 2.75) is 33.7 Å². The molecule has 0 spiro atoms. The van der Waals surface area contributed by atoms with Gasteiger partial charge in [-0.15, -0.1) is 0 Å². The van der Waals surface area contributed by atoms with Crippen molar-refractivity contribution in [2.24, 2.45) is 0 Å². The van der Waals surface area contributed by atoms with E-state index in [9.17, 15) is 14.0 Å². The van der Waals surface area contributed by atoms with E-state index in [2.05, 4.69) is 10.6 Å². The van der Waals surface area contributed by atoms with Crippen LogP contribution in [0.5, 0.6) is 0 Å². The number of carbonyl (C=O) groups is 2. The molecule has 0 aliphatic rings. The SMILES string of the molecule is Cc1ccccc1-n1nc(C)c(-c2ccccc2)c1NC(=O)CN(C(=O)Nc1ccccc1F)C(C)C. The minimum atomic E-state index is -0.567. The minimum absolute atomic E-state index is 0.0539. The lowest BCUT2D eigenvalue weighted by Crippen LogP contribution is -2.44. The number of aromatic nitrogens is 2. The average molecular weight is 500 g/mol. The number of amides is 3. The molecule has 0 aliphatic heterocycles. The van der Waals surface area contributed by atoms with Gasteiger partial charge in [-0.3, -0.25) is 4.79 Å². The molecule has 0 fully saturated rings. The molecule has 7 nitrogen and oxygen atoms in total. The summed E-state index contributed by atoms with van der Waals surface area (Å²) in [6.45, 7) is 7.24. The van der Waals surface area contributed by atoms with Gasteiger partial charge < -0.3 is 15.5 Å². The molecule has 8 heteroatoms. The zero-order chi connectivity index (χ0) is 26.5. The molecular weight excluding hydrogens is 469 g/mol. The highest BCUT2D eigenvalue weighted by Crippen LogP contribution is 2.34. The fraction of sp³-hybridized carbons (Fsp3) is 0.207. The zero-order valence-corrected chi connectivity index (χ0v) is 21.3. The molecular formula is C29H30FN5O2. The summed E-state index contributed by atoms with van der Waals surface area (Å²) < 4.78 is 15.8. The summed E-state index contributed by atoms with van der Waals surface area (Å²) in [6.07, 6.45) is 0. The first-order valence-electron chi connectivity index (χ1n) is 12.1. The Hall–Kier alpha value is -4.46. The first-order valence-corrected chi connectivity index (χ1v) is 12.1. The Morgan fingerprint density at radius 2 is 1.57 bits per heavy atom. The van der Waals surface area contributed by atoms with Crippen LogP contribution in [0.4, 0.5) is 20.7 Å². The number of nitrogens with zero attached hydrogens (tertiary/aromatic N) is 3. The number of carbonyl (C=O) groups excluding carboxylic acids is 2. The summed E-state index contributed by atoms with van der Waals surface area (Å²) >= 11 is 0. The fourth-order valence-electron chi connectivity index (χ4n) is 4.13. The molecule has 0 atom stereocenters. The molecule has 4 rings (SSSR count). The standard InChI is InChI=1S/C29H30FN5O2/c1-19(2)34(29(37)31-24-16-10-9-15-23(24)30)18-26(36)32-28-27(22-13-6-5-7-14-22)21(4)33-35(28)25-17-11-8-12-20(25)3/h5-17,19H,18H2,1-4H3,(H,31,37)(H,32,36). The molecule has 37 heavy (non-hydrogen) atoms. The third-order valence-corrected chi connectivity index (χ3v) is 6.04. The number of hydrogen-bond donors (Lipinski definition) is 2. The second-order valence-electron chi connectivity index (χ2n) is 9.05. The summed E-state index contributed by atoms with van der Waals surface area (Å²) in [5, 5.41) is 10.3. The average Bonchev–Trinajstić information content (AvgIpc) is 3.19. The molecule has 1 heterocycles. The summed E-state index contributed by atoms with van der Waals surface area (Å²) in [7, 11) is 0. The second-order valence-corrected chi connectivity index (χ2v) is 9.05. The second kappa shape index (κ2) is 11.1. The Kier molecular flexibility index (Phi) is 7.67. The van der Waals surface area contributed by atoms with Crippen LogP contribution in [0.3, 0.4) is 0 Å². The molecule has 0 aliphatic carbocycles. The lowest BCUT2D eigenvalue weighted by molar-refractivity contribution is -0.117. The van der Waals surface area contributed by atoms with Gasteiger partial charge in [-0.25, -0.2) is 13.9 Å². The van der Waals surface area contributed by atoms with Crippen LogP contribution in [0, 0.1) is 19.7 Å². The molecule has 1 aromatic heterocycles. The van der Waals surface area contributed by atoms with E-state index in [-0.39, 0.29) is 18.3 Å². The Morgan fingerprint density at radius 3 is 2.24 bits per heavy atom. The van der Waals surface area contributed by atoms with Gasteiger partial charge in [0.1, 0.15) is 18.2 Å². The number of halogens is 1. The van der Waals surface area contributed by atoms with Crippen molar-refractivity contribution < 1.29 is 14.0 Å². The number of hydrogen-bond acceptors (Lipinski definition) is 3. The van der Waals surface area contributed by atoms with Crippen LogP contribution in [0.15, 0.2) is 78.9 Å². The minimum Gasteiger partial charge on any atom is -0.313 e. The molecule has 0 saturated carbocycles. The van der Waals surface area contributed by atoms with Crippen LogP contribution >= 0.6 is 0 Å². The first kappa shape index (κ1) is 25.6. The van der Waals surface area contributed by atoms with E-state index >= 15 is 0 Å². The monoisotopic (exact) mass is 499 g/mol. The smallest absolute Gasteiger partial charge is 0.313 e. The molecule has 190 valence electrons. The van der Waals surface area contributed by atoms with Crippen LogP contribution in [-0.2, 0) is 4.79 Å². The van der Waals surface area contributed by atoms with Gasteiger partial charge >= 0.3 is 6.03 Å². The van der Waals surface area contributed by atoms with Gasteiger partial charge in [-0.1, -0.05) is 60.7 Å². The van der Waals surface area contributed by atoms with Crippen molar-refractivity contribution in [2.75, 3.05) is 17.2 Å². The van der Waals surface area contributed by atoms with Crippen LogP contribution in [-0.4, -0.2) is 39.2 Å². The topological polar surface area (TPSA) is 79.3 Å². The van der Waals surface area contributed by atoms with Crippen LogP contribution in [0.25, 0.3) is 16.8 Å². The Bertz CT molecular complexity index is 1420. The molecule has 2 N–H and O–H groups in total. The molecule has 0 saturated heterocycles. The molecule has 0 bridgehead atoms. The molecule has 0 radical (unpaired) electrons. The highest BCUT2D eigenvalue weighted by Gasteiger charge is 2.25. The van der Waals surface area contributed by atoms with Crippen molar-refractivity contribution in [1.29, 1.82) is 0 Å². The maximum Gasteiger partial charge on any atom is 0.322 e. The predicted molar refractivity (Wildman–Crippen MR) is 144 cm³/mol. The van der Waals surface area contributed by atoms with Crippen molar-refractivity contribution in [3.8, 4) is 16.8 Å². The number of aryl methyl sites for hydroxylation is 2. The summed E-state index contributed by atoms with van der Waals surface area (Å²) in [5.41, 5.74) is 4.34. The van der Waals surface area contributed by atoms with E-state index in [4.69, 9.17) is 5.10 Å². The lowest BCUT2D eigenvalue weighted by Gasteiger charge is -2.26. The van der Waals surface area contributed by atoms with Crippen molar-refractivity contribution in [3.05, 3.63) is 95.9 Å². The lowest BCUT2D eigenvalue weighted by atomic mass is 10.1. The Labute approximate surface area is 215 Å². The summed E-state index contributed by atoms with van der Waals surface area (Å²) in [4.78, 5) is 27.7. The van der Waals surface area contributed by atoms with Gasteiger partial charge in [0, 0.05) is 11.6 Å². The molecule has 3 amide bonds. The quantitative estimate of drug-likeness (QED) is 0.319. The zero-order valence-electron chi connectivity index (χ0n) is 21.3. The van der Waals surface area contributed by atoms with Crippen molar-refractivity contribution in [3.63, 3.8) is 0 Å². The van der Waals surface area contributed by atoms with Crippen LogP contribution in [0.2, 0.25) is 0 Å². The third kappa shape index (κ3) is 5.69. The summed E-state index contributed by atoms with van der Waals surface area (Å²) in [5.74, 6) is -0.431. The number of anilines is 2.